The summed E-state index contributed by atoms with van der Waals surface area (Å²) < 4.78 is 16.4. The number of nitrogens with two attached hydrogens (primary N) is 1. The van der Waals surface area contributed by atoms with E-state index in [-0.39, 0.29) is 32.5 Å². The highest BCUT2D eigenvalue weighted by Gasteiger charge is 2.37. The summed E-state index contributed by atoms with van der Waals surface area (Å²) in [6.07, 6.45) is 0.397. The van der Waals surface area contributed by atoms with Crippen LogP contribution in [-0.2, 0) is 73.8 Å². The highest BCUT2D eigenvalue weighted by Crippen LogP contribution is 2.21. The van der Waals surface area contributed by atoms with Gasteiger partial charge in [-0.15, -0.1) is 0 Å². The molecule has 5 atom stereocenters. The molecule has 4 aromatic carbocycles. The van der Waals surface area contributed by atoms with Crippen molar-refractivity contribution >= 4 is 58.5 Å². The highest BCUT2D eigenvalue weighted by molar-refractivity contribution is 5.98. The summed E-state index contributed by atoms with van der Waals surface area (Å²) in [5, 5.41) is 11.2. The summed E-state index contributed by atoms with van der Waals surface area (Å²) in [6, 6.07) is 26.7. The smallest absolute Gasteiger partial charge is 0.408 e. The molecule has 1 aromatic heterocycles. The predicted molar refractivity (Wildman–Crippen MR) is 268 cm³/mol. The number of esters is 2. The first-order valence-corrected chi connectivity index (χ1v) is 23.8. The Hall–Kier alpha value is -8.02. The molecule has 5 rings (SSSR count). The normalized spacial score (nSPS) is 13.2. The fourth-order valence-electron chi connectivity index (χ4n) is 7.70. The van der Waals surface area contributed by atoms with Crippen LogP contribution >= 0.6 is 0 Å². The van der Waals surface area contributed by atoms with Crippen LogP contribution in [0.5, 0.6) is 0 Å². The lowest BCUT2D eigenvalue weighted by molar-refractivity contribution is -0.149. The van der Waals surface area contributed by atoms with Crippen LogP contribution in [0.3, 0.4) is 0 Å². The zero-order valence-corrected chi connectivity index (χ0v) is 41.3. The number of hydrogen-bond donors (Lipinski definition) is 6. The van der Waals surface area contributed by atoms with Crippen LogP contribution in [0.4, 0.5) is 4.79 Å². The molecule has 0 fully saturated rings. The molecule has 0 aliphatic carbocycles. The second-order valence-corrected chi connectivity index (χ2v) is 18.3. The first-order valence-electron chi connectivity index (χ1n) is 23.8. The van der Waals surface area contributed by atoms with Crippen molar-refractivity contribution in [2.75, 3.05) is 7.05 Å². The molecule has 0 saturated heterocycles. The maximum atomic E-state index is 15.0. The molecule has 0 saturated carbocycles. The molecule has 0 aliphatic rings. The number of unbranched alkanes of at least 4 members (excludes halogenated alkanes) is 1. The summed E-state index contributed by atoms with van der Waals surface area (Å²) >= 11 is 0. The molecule has 0 aliphatic heterocycles. The monoisotopic (exact) mass is 987 g/mol. The first-order chi connectivity index (χ1) is 34.4. The van der Waals surface area contributed by atoms with Gasteiger partial charge in [0, 0.05) is 37.0 Å². The summed E-state index contributed by atoms with van der Waals surface area (Å²) in [5.41, 5.74) is 8.18. The van der Waals surface area contributed by atoms with E-state index in [1.54, 1.807) is 118 Å². The SMILES string of the molecule is CCCC[C@@H](C(=O)N[C@@H](CC(=O)OCc1ccccc1)C(=O)N[C@@H](Cc1ccccc1)C(N)=O)N(C)C(=O)[C@H](Cc1c[nH]c2ccccc12)NC(=O)[C@@H](CC(=O)OCc1ccccc1)NC(=O)OC(C)(C)C. The minimum Gasteiger partial charge on any atom is -0.461 e. The standard InChI is InChI=1S/C54H65N7O11/c1-6-7-27-45(51(67)58-42(30-46(62)70-33-36-21-13-9-14-22-36)49(65)57-41(48(55)64)28-35-19-11-8-12-20-35)61(5)52(68)44(29-38-32-56-40-26-18-17-25-39(38)40)59-50(66)43(60-53(69)72-54(2,3)4)31-47(63)71-34-37-23-15-10-16-24-37/h8-26,32,41-45,56H,6-7,27-31,33-34H2,1-5H3,(H2,55,64)(H,57,65)(H,58,67)(H,59,66)(H,60,69)/t41-,42-,43+,44-,45-/m0/s1. The quantitative estimate of drug-likeness (QED) is 0.0332. The van der Waals surface area contributed by atoms with Crippen LogP contribution in [0.25, 0.3) is 10.9 Å². The molecule has 0 unspecified atom stereocenters. The lowest BCUT2D eigenvalue weighted by Gasteiger charge is -2.32. The van der Waals surface area contributed by atoms with Crippen molar-refractivity contribution in [2.24, 2.45) is 5.73 Å². The third kappa shape index (κ3) is 17.4. The fraction of sp³-hybridized carbons (Fsp3) is 0.370. The Bertz CT molecular complexity index is 2620. The number of hydrogen-bond acceptors (Lipinski definition) is 11. The number of alkyl carbamates (subject to hydrolysis) is 1. The molecule has 0 spiro atoms. The summed E-state index contributed by atoms with van der Waals surface area (Å²) in [6.45, 7) is 6.54. The third-order valence-corrected chi connectivity index (χ3v) is 11.5. The lowest BCUT2D eigenvalue weighted by Crippen LogP contribution is -2.60. The van der Waals surface area contributed by atoms with Crippen LogP contribution in [0.15, 0.2) is 121 Å². The van der Waals surface area contributed by atoms with Crippen molar-refractivity contribution in [3.05, 3.63) is 144 Å². The van der Waals surface area contributed by atoms with Gasteiger partial charge in [0.1, 0.15) is 49.0 Å². The van der Waals surface area contributed by atoms with Gasteiger partial charge in [0.15, 0.2) is 0 Å². The summed E-state index contributed by atoms with van der Waals surface area (Å²) in [4.78, 5) is 115. The van der Waals surface area contributed by atoms with Crippen molar-refractivity contribution in [1.29, 1.82) is 0 Å². The van der Waals surface area contributed by atoms with Gasteiger partial charge >= 0.3 is 18.0 Å². The zero-order valence-electron chi connectivity index (χ0n) is 41.3. The number of amides is 6. The number of carbonyl (C=O) groups is 8. The molecule has 7 N–H and O–H groups in total. The average molecular weight is 988 g/mol. The predicted octanol–water partition coefficient (Wildman–Crippen LogP) is 5.07. The minimum absolute atomic E-state index is 0.0178. The Morgan fingerprint density at radius 2 is 1.10 bits per heavy atom. The van der Waals surface area contributed by atoms with E-state index in [1.165, 1.54) is 7.05 Å². The fourth-order valence-corrected chi connectivity index (χ4v) is 7.70. The Kier molecular flexibility index (Phi) is 20.5. The van der Waals surface area contributed by atoms with E-state index in [1.807, 2.05) is 31.2 Å². The van der Waals surface area contributed by atoms with Gasteiger partial charge in [-0.05, 0) is 55.5 Å². The van der Waals surface area contributed by atoms with E-state index in [9.17, 15) is 38.4 Å². The number of nitrogens with one attached hydrogen (secondary N) is 5. The van der Waals surface area contributed by atoms with Gasteiger partial charge in [0.25, 0.3) is 0 Å². The zero-order chi connectivity index (χ0) is 52.2. The van der Waals surface area contributed by atoms with Gasteiger partial charge in [0.05, 0.1) is 12.8 Å². The molecular weight excluding hydrogens is 923 g/mol. The minimum atomic E-state index is -1.60. The first kappa shape index (κ1) is 54.9. The van der Waals surface area contributed by atoms with Crippen molar-refractivity contribution < 1.29 is 52.6 Å². The molecule has 72 heavy (non-hydrogen) atoms. The van der Waals surface area contributed by atoms with Crippen LogP contribution in [0, 0.1) is 0 Å². The van der Waals surface area contributed by atoms with Crippen LogP contribution < -0.4 is 27.0 Å². The topological polar surface area (TPSA) is 257 Å². The molecule has 0 bridgehead atoms. The highest BCUT2D eigenvalue weighted by atomic mass is 16.6. The van der Waals surface area contributed by atoms with Gasteiger partial charge in [-0.3, -0.25) is 33.6 Å². The number of primary amides is 1. The van der Waals surface area contributed by atoms with Crippen molar-refractivity contribution in [3.8, 4) is 0 Å². The Balaban J connectivity index is 1.44. The summed E-state index contributed by atoms with van der Waals surface area (Å²) in [7, 11) is 1.38. The molecular formula is C54H65N7O11. The van der Waals surface area contributed by atoms with Crippen molar-refractivity contribution in [1.82, 2.24) is 31.2 Å². The van der Waals surface area contributed by atoms with Gasteiger partial charge in [-0.25, -0.2) is 4.79 Å². The number of aromatic amines is 1. The number of fused-ring (bicyclic) bond motifs is 1. The Morgan fingerprint density at radius 1 is 0.611 bits per heavy atom. The number of rotatable bonds is 25. The molecule has 382 valence electrons. The molecule has 18 heteroatoms. The lowest BCUT2D eigenvalue weighted by atomic mass is 10.0. The number of carbonyl (C=O) groups excluding carboxylic acids is 8. The largest absolute Gasteiger partial charge is 0.461 e. The second-order valence-electron chi connectivity index (χ2n) is 18.3. The van der Waals surface area contributed by atoms with Crippen LogP contribution in [0.1, 0.15) is 82.1 Å². The van der Waals surface area contributed by atoms with Gasteiger partial charge in [-0.1, -0.05) is 129 Å². The van der Waals surface area contributed by atoms with Gasteiger partial charge in [0.2, 0.25) is 29.5 Å². The van der Waals surface area contributed by atoms with Gasteiger partial charge < -0.3 is 51.1 Å². The maximum Gasteiger partial charge on any atom is 0.408 e. The Labute approximate surface area is 419 Å². The molecule has 5 aromatic rings. The number of nitrogens with zero attached hydrogens (tertiary/aromatic N) is 1. The van der Waals surface area contributed by atoms with Crippen LogP contribution in [0.2, 0.25) is 0 Å². The second kappa shape index (κ2) is 26.8. The van der Waals surface area contributed by atoms with Crippen LogP contribution in [-0.4, -0.2) is 100 Å². The van der Waals surface area contributed by atoms with Crippen molar-refractivity contribution in [3.63, 3.8) is 0 Å². The van der Waals surface area contributed by atoms with E-state index in [0.29, 0.717) is 35.1 Å². The third-order valence-electron chi connectivity index (χ3n) is 11.5. The molecule has 0 radical (unpaired) electrons. The number of para-hydroxylation sites is 1. The molecule has 1 heterocycles. The van der Waals surface area contributed by atoms with E-state index in [4.69, 9.17) is 19.9 Å². The summed E-state index contributed by atoms with van der Waals surface area (Å²) in [5.74, 6) is -5.92. The maximum absolute atomic E-state index is 15.0. The number of likely N-dealkylation sites (N-methyl/N-ethyl adjacent to an activating group) is 1. The molecule has 18 nitrogen and oxygen atoms in total. The number of aromatic nitrogens is 1. The van der Waals surface area contributed by atoms with Crippen molar-refractivity contribution in [2.45, 2.75) is 122 Å². The Morgan fingerprint density at radius 3 is 1.62 bits per heavy atom. The van der Waals surface area contributed by atoms with Gasteiger partial charge in [-0.2, -0.15) is 0 Å². The number of H-pyrrole nitrogens is 1. The number of benzene rings is 4. The van der Waals surface area contributed by atoms with E-state index in [0.717, 1.165) is 15.8 Å². The van der Waals surface area contributed by atoms with E-state index >= 15 is 0 Å². The number of ether oxygens (including phenoxy) is 3. The van der Waals surface area contributed by atoms with E-state index < -0.39 is 96.2 Å². The molecule has 6 amide bonds. The average Bonchev–Trinajstić information content (AvgIpc) is 3.76. The van der Waals surface area contributed by atoms with E-state index in [2.05, 4.69) is 26.3 Å².